The third kappa shape index (κ3) is 9.37. The monoisotopic (exact) mass is 633 g/mol. The van der Waals surface area contributed by atoms with Crippen LogP contribution in [0.25, 0.3) is 0 Å². The van der Waals surface area contributed by atoms with Crippen molar-refractivity contribution in [3.63, 3.8) is 0 Å². The summed E-state index contributed by atoms with van der Waals surface area (Å²) in [7, 11) is -3.58. The summed E-state index contributed by atoms with van der Waals surface area (Å²) in [5, 5.41) is 3.38. The molecule has 208 valence electrons. The average molecular weight is 635 g/mol. The molecule has 3 aromatic carbocycles. The largest absolute Gasteiger partial charge is 0.355 e. The Morgan fingerprint density at radius 3 is 2.26 bits per heavy atom. The fourth-order valence-corrected chi connectivity index (χ4v) is 5.83. The molecule has 3 rings (SSSR count). The predicted molar refractivity (Wildman–Crippen MR) is 160 cm³/mol. The van der Waals surface area contributed by atoms with Crippen LogP contribution < -0.4 is 9.62 Å². The topological polar surface area (TPSA) is 86.8 Å². The Morgan fingerprint density at radius 2 is 1.64 bits per heavy atom. The van der Waals surface area contributed by atoms with Gasteiger partial charge in [-0.2, -0.15) is 0 Å². The average Bonchev–Trinajstić information content (AvgIpc) is 2.89. The van der Waals surface area contributed by atoms with Crippen LogP contribution in [0.2, 0.25) is 5.02 Å². The second kappa shape index (κ2) is 14.5. The van der Waals surface area contributed by atoms with Gasteiger partial charge < -0.3 is 10.2 Å². The highest BCUT2D eigenvalue weighted by Crippen LogP contribution is 2.22. The number of benzene rings is 3. The second-order valence-electron chi connectivity index (χ2n) is 9.17. The fourth-order valence-electron chi connectivity index (χ4n) is 4.29. The van der Waals surface area contributed by atoms with Crippen molar-refractivity contribution in [2.45, 2.75) is 38.8 Å². The lowest BCUT2D eigenvalue weighted by molar-refractivity contribution is -0.141. The van der Waals surface area contributed by atoms with Crippen molar-refractivity contribution in [2.75, 3.05) is 23.7 Å². The molecule has 0 aliphatic rings. The number of amides is 2. The lowest BCUT2D eigenvalue weighted by atomic mass is 10.0. The molecule has 0 heterocycles. The first-order valence-corrected chi connectivity index (χ1v) is 15.7. The van der Waals surface area contributed by atoms with E-state index in [1.807, 2.05) is 61.5 Å². The van der Waals surface area contributed by atoms with Crippen molar-refractivity contribution in [3.8, 4) is 0 Å². The third-order valence-corrected chi connectivity index (χ3v) is 8.07. The number of carbonyl (C=O) groups is 2. The molecule has 0 aliphatic heterocycles. The zero-order valence-corrected chi connectivity index (χ0v) is 25.2. The van der Waals surface area contributed by atoms with Crippen LogP contribution in [-0.2, 0) is 32.6 Å². The number of nitrogens with zero attached hydrogens (tertiary/aromatic N) is 2. The molecular weight excluding hydrogens is 602 g/mol. The minimum absolute atomic E-state index is 0.0678. The van der Waals surface area contributed by atoms with Gasteiger partial charge in [0.2, 0.25) is 21.8 Å². The lowest BCUT2D eigenvalue weighted by Crippen LogP contribution is -2.50. The fraction of sp³-hybridized carbons (Fsp3) is 0.310. The molecule has 1 N–H and O–H groups in total. The van der Waals surface area contributed by atoms with Gasteiger partial charge in [-0.1, -0.05) is 70.0 Å². The highest BCUT2D eigenvalue weighted by Gasteiger charge is 2.30. The summed E-state index contributed by atoms with van der Waals surface area (Å²) < 4.78 is 27.2. The van der Waals surface area contributed by atoms with E-state index in [-0.39, 0.29) is 37.7 Å². The Bertz CT molecular complexity index is 1350. The van der Waals surface area contributed by atoms with Crippen LogP contribution in [0, 0.1) is 0 Å². The van der Waals surface area contributed by atoms with Crippen LogP contribution in [0.4, 0.5) is 5.69 Å². The number of hydrogen-bond donors (Lipinski definition) is 1. The quantitative estimate of drug-likeness (QED) is 0.272. The Labute approximate surface area is 244 Å². The minimum atomic E-state index is -3.58. The number of likely N-dealkylation sites (N-methyl/N-ethyl adjacent to an activating group) is 1. The van der Waals surface area contributed by atoms with E-state index in [0.29, 0.717) is 23.7 Å². The number of anilines is 1. The van der Waals surface area contributed by atoms with Crippen molar-refractivity contribution in [2.24, 2.45) is 0 Å². The lowest BCUT2D eigenvalue weighted by Gasteiger charge is -2.32. The smallest absolute Gasteiger partial charge is 0.243 e. The molecule has 0 radical (unpaired) electrons. The number of rotatable bonds is 13. The van der Waals surface area contributed by atoms with Gasteiger partial charge in [0.1, 0.15) is 6.04 Å². The Morgan fingerprint density at radius 1 is 0.974 bits per heavy atom. The van der Waals surface area contributed by atoms with E-state index in [9.17, 15) is 18.0 Å². The first-order valence-electron chi connectivity index (χ1n) is 12.7. The maximum absolute atomic E-state index is 13.7. The van der Waals surface area contributed by atoms with Crippen molar-refractivity contribution in [1.82, 2.24) is 10.2 Å². The normalized spacial score (nSPS) is 12.0. The number of nitrogens with one attached hydrogen (secondary N) is 1. The molecule has 0 bridgehead atoms. The highest BCUT2D eigenvalue weighted by atomic mass is 79.9. The van der Waals surface area contributed by atoms with E-state index in [4.69, 9.17) is 11.6 Å². The number of carbonyl (C=O) groups excluding carboxylic acids is 2. The Hall–Kier alpha value is -2.88. The number of halogens is 2. The molecule has 0 fully saturated rings. The first-order chi connectivity index (χ1) is 18.6. The molecule has 2 amide bonds. The minimum Gasteiger partial charge on any atom is -0.355 e. The summed E-state index contributed by atoms with van der Waals surface area (Å²) in [4.78, 5) is 28.6. The van der Waals surface area contributed by atoms with Gasteiger partial charge in [-0.05, 0) is 60.9 Å². The summed E-state index contributed by atoms with van der Waals surface area (Å²) in [6.07, 6.45) is 1.83. The Balaban J connectivity index is 1.85. The molecule has 0 aromatic heterocycles. The van der Waals surface area contributed by atoms with E-state index in [1.54, 1.807) is 29.2 Å². The molecule has 0 saturated heterocycles. The van der Waals surface area contributed by atoms with Gasteiger partial charge in [0.15, 0.2) is 0 Å². The van der Waals surface area contributed by atoms with E-state index >= 15 is 0 Å². The molecular formula is C29H33BrClN3O4S. The third-order valence-electron chi connectivity index (χ3n) is 6.13. The van der Waals surface area contributed by atoms with Crippen LogP contribution in [0.1, 0.15) is 30.9 Å². The van der Waals surface area contributed by atoms with Gasteiger partial charge >= 0.3 is 0 Å². The molecule has 10 heteroatoms. The van der Waals surface area contributed by atoms with Gasteiger partial charge in [-0.15, -0.1) is 0 Å². The second-order valence-corrected chi connectivity index (χ2v) is 12.4. The van der Waals surface area contributed by atoms with E-state index in [0.717, 1.165) is 21.9 Å². The maximum Gasteiger partial charge on any atom is 0.243 e. The Kier molecular flexibility index (Phi) is 11.4. The predicted octanol–water partition coefficient (Wildman–Crippen LogP) is 5.42. The molecule has 7 nitrogen and oxygen atoms in total. The van der Waals surface area contributed by atoms with Crippen LogP contribution in [-0.4, -0.2) is 50.5 Å². The molecule has 0 saturated carbocycles. The SMILES string of the molecule is CCNC(=O)[C@@H](Cc1ccccc1)N(Cc1cccc(Br)c1)C(=O)CCCN(c1ccc(Cl)cc1)S(C)(=O)=O. The molecule has 0 spiro atoms. The molecule has 3 aromatic rings. The van der Waals surface area contributed by atoms with Crippen molar-refractivity contribution < 1.29 is 18.0 Å². The zero-order valence-electron chi connectivity index (χ0n) is 22.0. The maximum atomic E-state index is 13.7. The summed E-state index contributed by atoms with van der Waals surface area (Å²) in [5.74, 6) is -0.463. The molecule has 1 atom stereocenters. The van der Waals surface area contributed by atoms with Gasteiger partial charge in [0.05, 0.1) is 11.9 Å². The number of sulfonamides is 1. The van der Waals surface area contributed by atoms with Crippen molar-refractivity contribution in [1.29, 1.82) is 0 Å². The van der Waals surface area contributed by atoms with Gasteiger partial charge in [0, 0.05) is 42.0 Å². The van der Waals surface area contributed by atoms with Gasteiger partial charge in [-0.25, -0.2) is 8.42 Å². The molecule has 39 heavy (non-hydrogen) atoms. The van der Waals surface area contributed by atoms with Crippen LogP contribution in [0.5, 0.6) is 0 Å². The molecule has 0 unspecified atom stereocenters. The van der Waals surface area contributed by atoms with Crippen molar-refractivity contribution in [3.05, 3.63) is 99.5 Å². The van der Waals surface area contributed by atoms with Gasteiger partial charge in [0.25, 0.3) is 0 Å². The summed E-state index contributed by atoms with van der Waals surface area (Å²) in [6, 6.07) is 23.0. The van der Waals surface area contributed by atoms with Crippen molar-refractivity contribution >= 4 is 55.1 Å². The van der Waals surface area contributed by atoms with Crippen LogP contribution in [0.15, 0.2) is 83.3 Å². The van der Waals surface area contributed by atoms with Crippen LogP contribution >= 0.6 is 27.5 Å². The molecule has 0 aliphatic carbocycles. The van der Waals surface area contributed by atoms with E-state index < -0.39 is 16.1 Å². The first kappa shape index (κ1) is 30.7. The summed E-state index contributed by atoms with van der Waals surface area (Å²) in [6.45, 7) is 2.63. The van der Waals surface area contributed by atoms with E-state index in [1.165, 1.54) is 4.31 Å². The summed E-state index contributed by atoms with van der Waals surface area (Å²) >= 11 is 9.45. The number of hydrogen-bond acceptors (Lipinski definition) is 4. The van der Waals surface area contributed by atoms with Crippen LogP contribution in [0.3, 0.4) is 0 Å². The summed E-state index contributed by atoms with van der Waals surface area (Å²) in [5.41, 5.74) is 2.29. The standard InChI is InChI=1S/C29H33BrClN3O4S/c1-3-32-29(36)27(20-22-9-5-4-6-10-22)33(21-23-11-7-12-24(30)19-23)28(35)13-8-18-34(39(2,37)38)26-16-14-25(31)15-17-26/h4-7,9-12,14-17,19,27H,3,8,13,18,20-21H2,1-2H3,(H,32,36)/t27-/m1/s1. The zero-order chi connectivity index (χ0) is 28.4. The highest BCUT2D eigenvalue weighted by molar-refractivity contribution is 9.10. The van der Waals surface area contributed by atoms with E-state index in [2.05, 4.69) is 21.2 Å². The van der Waals surface area contributed by atoms with Gasteiger partial charge in [-0.3, -0.25) is 13.9 Å².